The van der Waals surface area contributed by atoms with Gasteiger partial charge in [0.1, 0.15) is 0 Å². The third-order valence-electron chi connectivity index (χ3n) is 5.69. The molecule has 164 valence electrons. The highest BCUT2D eigenvalue weighted by atomic mass is 32.1. The minimum absolute atomic E-state index is 0.172. The van der Waals surface area contributed by atoms with E-state index in [1.54, 1.807) is 0 Å². The summed E-state index contributed by atoms with van der Waals surface area (Å²) in [5.41, 5.74) is 4.28. The molecule has 4 nitrogen and oxygen atoms in total. The van der Waals surface area contributed by atoms with Crippen molar-refractivity contribution in [3.63, 3.8) is 0 Å². The molecule has 0 saturated carbocycles. The molecule has 2 aromatic rings. The van der Waals surface area contributed by atoms with Gasteiger partial charge in [0.25, 0.3) is 5.91 Å². The van der Waals surface area contributed by atoms with Crippen molar-refractivity contribution in [3.05, 3.63) is 71.8 Å². The Labute approximate surface area is 191 Å². The van der Waals surface area contributed by atoms with Crippen molar-refractivity contribution < 1.29 is 9.90 Å². The summed E-state index contributed by atoms with van der Waals surface area (Å²) >= 11 is 5.58. The van der Waals surface area contributed by atoms with Gasteiger partial charge in [0.15, 0.2) is 5.11 Å². The summed E-state index contributed by atoms with van der Waals surface area (Å²) in [6, 6.07) is 17.7. The third kappa shape index (κ3) is 7.30. The molecule has 0 aliphatic heterocycles. The maximum absolute atomic E-state index is 12.8. The number of hydrogen-bond acceptors (Lipinski definition) is 3. The lowest BCUT2D eigenvalue weighted by molar-refractivity contribution is 0.0973. The van der Waals surface area contributed by atoms with Crippen LogP contribution in [0.25, 0.3) is 11.1 Å². The number of allylic oxidation sites excluding steroid dienone is 1. The summed E-state index contributed by atoms with van der Waals surface area (Å²) in [5.74, 6) is -0.186. The average molecular weight is 437 g/mol. The fourth-order valence-corrected chi connectivity index (χ4v) is 4.11. The number of hydrogen-bond donors (Lipinski definition) is 2. The fraction of sp³-hybridized carbons (Fsp3) is 0.385. The van der Waals surface area contributed by atoms with Gasteiger partial charge in [-0.3, -0.25) is 10.1 Å². The fourth-order valence-electron chi connectivity index (χ4n) is 3.83. The molecule has 2 aromatic carbocycles. The normalized spacial score (nSPS) is 13.4. The van der Waals surface area contributed by atoms with E-state index in [0.717, 1.165) is 49.9 Å². The van der Waals surface area contributed by atoms with Gasteiger partial charge < -0.3 is 10.0 Å². The predicted octanol–water partition coefficient (Wildman–Crippen LogP) is 5.33. The van der Waals surface area contributed by atoms with Crippen molar-refractivity contribution in [2.75, 3.05) is 19.7 Å². The Morgan fingerprint density at radius 3 is 2.39 bits per heavy atom. The Hall–Kier alpha value is -2.50. The quantitative estimate of drug-likeness (QED) is 0.317. The first kappa shape index (κ1) is 23.2. The molecular weight excluding hydrogens is 404 g/mol. The first-order chi connectivity index (χ1) is 15.2. The van der Waals surface area contributed by atoms with Crippen LogP contribution in [0.4, 0.5) is 0 Å². The zero-order valence-corrected chi connectivity index (χ0v) is 18.9. The number of unbranched alkanes of at least 4 members (excludes halogenated alkanes) is 1. The van der Waals surface area contributed by atoms with E-state index in [9.17, 15) is 4.79 Å². The first-order valence-corrected chi connectivity index (χ1v) is 11.6. The Kier molecular flexibility index (Phi) is 9.25. The largest absolute Gasteiger partial charge is 0.396 e. The molecule has 0 radical (unpaired) electrons. The molecule has 1 aliphatic rings. The van der Waals surface area contributed by atoms with Gasteiger partial charge in [-0.2, -0.15) is 0 Å². The van der Waals surface area contributed by atoms with Gasteiger partial charge in [-0.15, -0.1) is 0 Å². The van der Waals surface area contributed by atoms with E-state index in [-0.39, 0.29) is 12.5 Å². The van der Waals surface area contributed by atoms with Crippen molar-refractivity contribution >= 4 is 23.2 Å². The highest BCUT2D eigenvalue weighted by Gasteiger charge is 2.15. The van der Waals surface area contributed by atoms with E-state index < -0.39 is 0 Å². The van der Waals surface area contributed by atoms with Crippen LogP contribution in [0.1, 0.15) is 55.3 Å². The zero-order valence-electron chi connectivity index (χ0n) is 18.1. The van der Waals surface area contributed by atoms with E-state index in [0.29, 0.717) is 10.7 Å². The number of benzene rings is 2. The van der Waals surface area contributed by atoms with Crippen molar-refractivity contribution in [3.8, 4) is 11.1 Å². The molecule has 31 heavy (non-hydrogen) atoms. The highest BCUT2D eigenvalue weighted by molar-refractivity contribution is 7.80. The summed E-state index contributed by atoms with van der Waals surface area (Å²) in [6.45, 7) is 1.70. The van der Waals surface area contributed by atoms with Crippen molar-refractivity contribution in [2.45, 2.75) is 44.9 Å². The lowest BCUT2D eigenvalue weighted by Crippen LogP contribution is -2.43. The number of nitrogens with zero attached hydrogens (tertiary/aromatic N) is 1. The Morgan fingerprint density at radius 1 is 0.968 bits per heavy atom. The third-order valence-corrected chi connectivity index (χ3v) is 6.05. The van der Waals surface area contributed by atoms with Crippen molar-refractivity contribution in [1.29, 1.82) is 0 Å². The number of aliphatic hydroxyl groups excluding tert-OH is 1. The smallest absolute Gasteiger partial charge is 0.257 e. The predicted molar refractivity (Wildman–Crippen MR) is 131 cm³/mol. The van der Waals surface area contributed by atoms with Gasteiger partial charge in [0.2, 0.25) is 0 Å². The number of thiocarbonyl (C=S) groups is 1. The second-order valence-electron chi connectivity index (χ2n) is 7.98. The summed E-state index contributed by atoms with van der Waals surface area (Å²) in [7, 11) is 0. The molecule has 1 aliphatic carbocycles. The molecule has 1 amide bonds. The minimum atomic E-state index is -0.186. The molecule has 3 rings (SSSR count). The van der Waals surface area contributed by atoms with E-state index in [2.05, 4.69) is 28.4 Å². The van der Waals surface area contributed by atoms with Crippen molar-refractivity contribution in [1.82, 2.24) is 10.2 Å². The Balaban J connectivity index is 1.59. The van der Waals surface area contributed by atoms with Gasteiger partial charge >= 0.3 is 0 Å². The maximum atomic E-state index is 12.8. The topological polar surface area (TPSA) is 52.6 Å². The highest BCUT2D eigenvalue weighted by Crippen LogP contribution is 2.21. The summed E-state index contributed by atoms with van der Waals surface area (Å²) in [5, 5.41) is 12.5. The zero-order chi connectivity index (χ0) is 21.9. The second kappa shape index (κ2) is 12.4. The molecule has 0 atom stereocenters. The number of nitrogens with one attached hydrogen (secondary N) is 1. The summed E-state index contributed by atoms with van der Waals surface area (Å²) < 4.78 is 0. The van der Waals surface area contributed by atoms with Crippen LogP contribution < -0.4 is 5.32 Å². The van der Waals surface area contributed by atoms with Gasteiger partial charge in [0, 0.05) is 25.3 Å². The van der Waals surface area contributed by atoms with Crippen LogP contribution >= 0.6 is 12.2 Å². The van der Waals surface area contributed by atoms with Crippen LogP contribution in [0.15, 0.2) is 66.2 Å². The Morgan fingerprint density at radius 2 is 1.71 bits per heavy atom. The van der Waals surface area contributed by atoms with E-state index in [1.807, 2.05) is 42.5 Å². The SMILES string of the molecule is O=C(NC(=S)N(CCCCO)CCC1=CCCCC1)c1ccc(-c2ccccc2)cc1. The van der Waals surface area contributed by atoms with E-state index in [1.165, 1.54) is 24.8 Å². The van der Waals surface area contributed by atoms with Crippen LogP contribution in [0.2, 0.25) is 0 Å². The molecular formula is C26H32N2O2S. The lowest BCUT2D eigenvalue weighted by Gasteiger charge is -2.26. The molecule has 0 fully saturated rings. The number of amides is 1. The number of aliphatic hydroxyl groups is 1. The van der Waals surface area contributed by atoms with Crippen LogP contribution in [0, 0.1) is 0 Å². The Bertz CT molecular complexity index is 878. The lowest BCUT2D eigenvalue weighted by atomic mass is 9.97. The number of carbonyl (C=O) groups excluding carboxylic acids is 1. The number of carbonyl (C=O) groups is 1. The first-order valence-electron chi connectivity index (χ1n) is 11.2. The standard InChI is InChI=1S/C26H32N2O2S/c29-20-8-7-18-28(19-17-21-9-3-1-4-10-21)26(31)27-25(30)24-15-13-23(14-16-24)22-11-5-2-6-12-22/h2,5-6,9,11-16,29H,1,3-4,7-8,10,17-20H2,(H,27,30,31). The van der Waals surface area contributed by atoms with Crippen LogP contribution in [0.5, 0.6) is 0 Å². The molecule has 0 aromatic heterocycles. The van der Waals surface area contributed by atoms with Crippen molar-refractivity contribution in [2.24, 2.45) is 0 Å². The molecule has 0 saturated heterocycles. The number of rotatable bonds is 9. The second-order valence-corrected chi connectivity index (χ2v) is 8.37. The summed E-state index contributed by atoms with van der Waals surface area (Å²) in [4.78, 5) is 14.8. The van der Waals surface area contributed by atoms with Gasteiger partial charge in [-0.05, 0) is 80.4 Å². The molecule has 2 N–H and O–H groups in total. The van der Waals surface area contributed by atoms with Gasteiger partial charge in [-0.1, -0.05) is 54.1 Å². The molecule has 0 bridgehead atoms. The molecule has 0 unspecified atom stereocenters. The van der Waals surface area contributed by atoms with E-state index >= 15 is 0 Å². The molecule has 0 heterocycles. The molecule has 0 spiro atoms. The molecule has 5 heteroatoms. The van der Waals surface area contributed by atoms with Crippen LogP contribution in [-0.2, 0) is 0 Å². The minimum Gasteiger partial charge on any atom is -0.396 e. The monoisotopic (exact) mass is 436 g/mol. The summed E-state index contributed by atoms with van der Waals surface area (Å²) in [6.07, 6.45) is 9.77. The van der Waals surface area contributed by atoms with Gasteiger partial charge in [-0.25, -0.2) is 0 Å². The van der Waals surface area contributed by atoms with Crippen LogP contribution in [-0.4, -0.2) is 40.7 Å². The van der Waals surface area contributed by atoms with Crippen LogP contribution in [0.3, 0.4) is 0 Å². The maximum Gasteiger partial charge on any atom is 0.257 e. The van der Waals surface area contributed by atoms with Gasteiger partial charge in [0.05, 0.1) is 0 Å². The van der Waals surface area contributed by atoms with E-state index in [4.69, 9.17) is 17.3 Å². The average Bonchev–Trinajstić information content (AvgIpc) is 2.82.